The van der Waals surface area contributed by atoms with Gasteiger partial charge in [-0.15, -0.1) is 4.31 Å². The zero-order valence-electron chi connectivity index (χ0n) is 17.6. The Kier molecular flexibility index (Phi) is 6.86. The molecule has 158 valence electrons. The van der Waals surface area contributed by atoms with Gasteiger partial charge >= 0.3 is 6.03 Å². The molecule has 0 aromatic heterocycles. The van der Waals surface area contributed by atoms with E-state index in [-0.39, 0.29) is 11.6 Å². The number of rotatable bonds is 5. The summed E-state index contributed by atoms with van der Waals surface area (Å²) in [5.74, 6) is 2.36. The SMILES string of the molecule is CC1/C=C/CC2CCC(NC(=O)NC3CCN([SH+]Cc4ccccc4)CC3)(C1)C2. The Morgan fingerprint density at radius 3 is 2.76 bits per heavy atom. The molecule has 3 aliphatic rings. The second-order valence-electron chi connectivity index (χ2n) is 9.35. The molecule has 2 fully saturated rings. The molecular formula is C24H36N3OS+. The van der Waals surface area contributed by atoms with E-state index in [1.165, 1.54) is 30.4 Å². The quantitative estimate of drug-likeness (QED) is 0.431. The summed E-state index contributed by atoms with van der Waals surface area (Å²) in [5.41, 5.74) is 1.40. The van der Waals surface area contributed by atoms with E-state index < -0.39 is 0 Å². The number of urea groups is 1. The van der Waals surface area contributed by atoms with E-state index in [0.29, 0.717) is 12.0 Å². The molecule has 5 heteroatoms. The minimum atomic E-state index is 0.00787. The smallest absolute Gasteiger partial charge is 0.315 e. The Morgan fingerprint density at radius 1 is 1.17 bits per heavy atom. The molecule has 0 spiro atoms. The molecule has 1 saturated carbocycles. The second-order valence-corrected chi connectivity index (χ2v) is 10.5. The molecule has 4 rings (SSSR count). The first kappa shape index (κ1) is 20.8. The second kappa shape index (κ2) is 9.57. The predicted octanol–water partition coefficient (Wildman–Crippen LogP) is 4.21. The lowest BCUT2D eigenvalue weighted by Gasteiger charge is -2.35. The number of nitrogens with zero attached hydrogens (tertiary/aromatic N) is 1. The van der Waals surface area contributed by atoms with E-state index in [2.05, 4.69) is 64.3 Å². The van der Waals surface area contributed by atoms with Gasteiger partial charge in [0.1, 0.15) is 5.75 Å². The molecule has 4 nitrogen and oxygen atoms in total. The van der Waals surface area contributed by atoms with Crippen LogP contribution in [0.3, 0.4) is 0 Å². The molecule has 3 atom stereocenters. The molecule has 1 heterocycles. The zero-order valence-corrected chi connectivity index (χ0v) is 18.5. The number of amides is 2. The van der Waals surface area contributed by atoms with Crippen LogP contribution in [0, 0.1) is 11.8 Å². The third-order valence-corrected chi connectivity index (χ3v) is 8.15. The molecule has 1 aromatic rings. The van der Waals surface area contributed by atoms with Gasteiger partial charge in [0.15, 0.2) is 0 Å². The lowest BCUT2D eigenvalue weighted by Crippen LogP contribution is -2.55. The third-order valence-electron chi connectivity index (χ3n) is 6.84. The number of hydrogen-bond donors (Lipinski definition) is 2. The fraction of sp³-hybridized carbons (Fsp3) is 0.625. The average Bonchev–Trinajstić information content (AvgIpc) is 3.11. The predicted molar refractivity (Wildman–Crippen MR) is 123 cm³/mol. The van der Waals surface area contributed by atoms with E-state index >= 15 is 0 Å². The van der Waals surface area contributed by atoms with E-state index in [1.54, 1.807) is 0 Å². The van der Waals surface area contributed by atoms with Crippen LogP contribution < -0.4 is 10.6 Å². The Morgan fingerprint density at radius 2 is 1.97 bits per heavy atom. The van der Waals surface area contributed by atoms with Crippen LogP contribution in [0.25, 0.3) is 0 Å². The van der Waals surface area contributed by atoms with Crippen LogP contribution in [0.15, 0.2) is 42.5 Å². The van der Waals surface area contributed by atoms with Crippen LogP contribution in [-0.2, 0) is 17.7 Å². The molecule has 2 aliphatic carbocycles. The van der Waals surface area contributed by atoms with E-state index in [1.807, 2.05) is 0 Å². The summed E-state index contributed by atoms with van der Waals surface area (Å²) in [7, 11) is 0. The molecule has 2 N–H and O–H groups in total. The first-order chi connectivity index (χ1) is 14.1. The number of piperidine rings is 1. The van der Waals surface area contributed by atoms with Gasteiger partial charge in [-0.1, -0.05) is 49.4 Å². The molecule has 29 heavy (non-hydrogen) atoms. The molecule has 3 unspecified atom stereocenters. The number of hydrogen-bond acceptors (Lipinski definition) is 2. The fourth-order valence-electron chi connectivity index (χ4n) is 5.35. The Labute approximate surface area is 180 Å². The van der Waals surface area contributed by atoms with Gasteiger partial charge in [-0.2, -0.15) is 0 Å². The number of benzene rings is 1. The van der Waals surface area contributed by atoms with Crippen molar-refractivity contribution in [3.8, 4) is 0 Å². The largest absolute Gasteiger partial charge is 0.335 e. The number of fused-ring (bicyclic) bond motifs is 2. The zero-order chi connectivity index (χ0) is 20.1. The molecule has 0 radical (unpaired) electrons. The molecular weight excluding hydrogens is 378 g/mol. The highest BCUT2D eigenvalue weighted by Gasteiger charge is 2.41. The number of carbonyl (C=O) groups is 1. The summed E-state index contributed by atoms with van der Waals surface area (Å²) in [6.45, 7) is 4.41. The van der Waals surface area contributed by atoms with Gasteiger partial charge < -0.3 is 10.6 Å². The highest BCUT2D eigenvalue weighted by Crippen LogP contribution is 2.42. The lowest BCUT2D eigenvalue weighted by atomic mass is 9.83. The standard InChI is InChI=1S/C24H35N3OS/c1-19-6-5-9-20-10-13-24(16-19,17-20)26-23(28)25-22-11-14-27(15-12-22)29-18-21-7-3-2-4-8-21/h2-8,19-20,22H,9-18H2,1H3,(H2,25,26,28)/p+1/b6-5+. The maximum absolute atomic E-state index is 12.8. The highest BCUT2D eigenvalue weighted by molar-refractivity contribution is 7.75. The van der Waals surface area contributed by atoms with Crippen LogP contribution in [-0.4, -0.2) is 35.0 Å². The van der Waals surface area contributed by atoms with Crippen molar-refractivity contribution < 1.29 is 4.79 Å². The third kappa shape index (κ3) is 5.79. The van der Waals surface area contributed by atoms with Gasteiger partial charge in [0.25, 0.3) is 0 Å². The number of allylic oxidation sites excluding steroid dienone is 2. The number of carbonyl (C=O) groups excluding carboxylic acids is 1. The minimum Gasteiger partial charge on any atom is -0.335 e. The molecule has 1 saturated heterocycles. The molecule has 1 aliphatic heterocycles. The molecule has 2 amide bonds. The Bertz CT molecular complexity index is 701. The van der Waals surface area contributed by atoms with E-state index in [9.17, 15) is 4.79 Å². The Balaban J connectivity index is 1.21. The molecule has 1 aromatic carbocycles. The summed E-state index contributed by atoms with van der Waals surface area (Å²) in [6.07, 6.45) is 12.6. The van der Waals surface area contributed by atoms with Crippen molar-refractivity contribution in [3.63, 3.8) is 0 Å². The summed E-state index contributed by atoms with van der Waals surface area (Å²) < 4.78 is 2.51. The van der Waals surface area contributed by atoms with Crippen molar-refractivity contribution in [1.29, 1.82) is 0 Å². The number of nitrogens with one attached hydrogen (secondary N) is 2. The van der Waals surface area contributed by atoms with Gasteiger partial charge in [-0.25, -0.2) is 4.79 Å². The Hall–Kier alpha value is -1.46. The summed E-state index contributed by atoms with van der Waals surface area (Å²) in [4.78, 5) is 12.8. The van der Waals surface area contributed by atoms with Crippen LogP contribution in [0.1, 0.15) is 57.4 Å². The monoisotopic (exact) mass is 414 g/mol. The van der Waals surface area contributed by atoms with Crippen LogP contribution in [0.5, 0.6) is 0 Å². The van der Waals surface area contributed by atoms with Crippen LogP contribution in [0.4, 0.5) is 4.79 Å². The van der Waals surface area contributed by atoms with Crippen molar-refractivity contribution in [1.82, 2.24) is 14.9 Å². The topological polar surface area (TPSA) is 44.4 Å². The fourth-order valence-corrected chi connectivity index (χ4v) is 6.44. The van der Waals surface area contributed by atoms with Crippen molar-refractivity contribution >= 4 is 18.0 Å². The summed E-state index contributed by atoms with van der Waals surface area (Å²) in [5, 5.41) is 6.72. The average molecular weight is 415 g/mol. The number of thiol groups is 1. The van der Waals surface area contributed by atoms with Gasteiger partial charge in [-0.3, -0.25) is 0 Å². The van der Waals surface area contributed by atoms with Crippen LogP contribution >= 0.6 is 0 Å². The van der Waals surface area contributed by atoms with Crippen molar-refractivity contribution in [3.05, 3.63) is 48.0 Å². The first-order valence-corrected chi connectivity index (χ1v) is 12.4. The van der Waals surface area contributed by atoms with Crippen LogP contribution in [0.2, 0.25) is 0 Å². The van der Waals surface area contributed by atoms with Gasteiger partial charge in [0.2, 0.25) is 0 Å². The van der Waals surface area contributed by atoms with E-state index in [4.69, 9.17) is 0 Å². The highest BCUT2D eigenvalue weighted by atomic mass is 32.2. The lowest BCUT2D eigenvalue weighted by molar-refractivity contribution is 0.205. The maximum Gasteiger partial charge on any atom is 0.315 e. The van der Waals surface area contributed by atoms with Gasteiger partial charge in [0, 0.05) is 30.2 Å². The first-order valence-electron chi connectivity index (χ1n) is 11.3. The van der Waals surface area contributed by atoms with Crippen molar-refractivity contribution in [2.24, 2.45) is 11.8 Å². The van der Waals surface area contributed by atoms with Crippen molar-refractivity contribution in [2.45, 2.75) is 69.2 Å². The molecule has 2 bridgehead atoms. The summed E-state index contributed by atoms with van der Waals surface area (Å²) in [6, 6.07) is 11.1. The maximum atomic E-state index is 12.8. The van der Waals surface area contributed by atoms with Crippen molar-refractivity contribution in [2.75, 3.05) is 13.1 Å². The van der Waals surface area contributed by atoms with Gasteiger partial charge in [-0.05, 0) is 56.8 Å². The summed E-state index contributed by atoms with van der Waals surface area (Å²) >= 11 is 1.38. The van der Waals surface area contributed by atoms with E-state index in [0.717, 1.165) is 56.9 Å². The van der Waals surface area contributed by atoms with Gasteiger partial charge in [0.05, 0.1) is 11.9 Å². The normalized spacial score (nSPS) is 31.6. The minimum absolute atomic E-state index is 0.00787.